The van der Waals surface area contributed by atoms with Gasteiger partial charge in [-0.3, -0.25) is 0 Å². The molecule has 0 unspecified atom stereocenters. The molecule has 6 nitrogen and oxygen atoms in total. The van der Waals surface area contributed by atoms with Crippen LogP contribution in [-0.2, 0) is 10.0 Å². The lowest BCUT2D eigenvalue weighted by Crippen LogP contribution is -2.34. The van der Waals surface area contributed by atoms with Crippen molar-refractivity contribution >= 4 is 27.3 Å². The topological polar surface area (TPSA) is 77.9 Å². The molecule has 1 aliphatic heterocycles. The number of nitrogens with zero attached hydrogens (tertiary/aromatic N) is 2. The average molecular weight is 304 g/mol. The molecular weight excluding hydrogens is 288 g/mol. The van der Waals surface area contributed by atoms with Gasteiger partial charge in [-0.25, -0.2) is 13.2 Å². The van der Waals surface area contributed by atoms with E-state index in [0.717, 1.165) is 24.3 Å². The number of carbonyl (C=O) groups is 1. The number of thiophene rings is 1. The average Bonchev–Trinajstić information content (AvgIpc) is 2.74. The van der Waals surface area contributed by atoms with Gasteiger partial charge in [0.25, 0.3) is 0 Å². The Bertz CT molecular complexity index is 567. The van der Waals surface area contributed by atoms with Crippen LogP contribution in [0.2, 0.25) is 0 Å². The predicted molar refractivity (Wildman–Crippen MR) is 72.2 cm³/mol. The van der Waals surface area contributed by atoms with Crippen molar-refractivity contribution in [3.05, 3.63) is 16.3 Å². The number of carboxylic acids is 1. The molecule has 0 atom stereocenters. The maximum Gasteiger partial charge on any atom is 0.345 e. The largest absolute Gasteiger partial charge is 0.477 e. The molecule has 1 aromatic rings. The minimum atomic E-state index is -3.57. The zero-order chi connectivity index (χ0) is 14.0. The number of carboxylic acid groups (broad SMARTS) is 1. The summed E-state index contributed by atoms with van der Waals surface area (Å²) < 4.78 is 26.2. The maximum atomic E-state index is 12.4. The van der Waals surface area contributed by atoms with Crippen LogP contribution in [0.3, 0.4) is 0 Å². The molecule has 0 bridgehead atoms. The van der Waals surface area contributed by atoms with E-state index < -0.39 is 16.0 Å². The lowest BCUT2D eigenvalue weighted by atomic mass is 10.4. The molecule has 1 fully saturated rings. The lowest BCUT2D eigenvalue weighted by molar-refractivity contribution is 0.0702. The zero-order valence-corrected chi connectivity index (χ0v) is 12.2. The Morgan fingerprint density at radius 3 is 2.68 bits per heavy atom. The van der Waals surface area contributed by atoms with Crippen molar-refractivity contribution in [2.75, 3.05) is 33.2 Å². The molecule has 8 heteroatoms. The van der Waals surface area contributed by atoms with E-state index in [4.69, 9.17) is 5.11 Å². The standard InChI is InChI=1S/C11H16N2O4S2/c1-12-3-2-4-13(6-5-12)19(16,17)9-7-10(11(14)15)18-8-9/h7-8H,2-6H2,1H3,(H,14,15). The summed E-state index contributed by atoms with van der Waals surface area (Å²) in [4.78, 5) is 13.0. The van der Waals surface area contributed by atoms with Crippen molar-refractivity contribution in [1.29, 1.82) is 0 Å². The Kier molecular flexibility index (Phi) is 4.24. The van der Waals surface area contributed by atoms with Gasteiger partial charge in [0.1, 0.15) is 4.88 Å². The smallest absolute Gasteiger partial charge is 0.345 e. The fourth-order valence-corrected chi connectivity index (χ4v) is 4.55. The summed E-state index contributed by atoms with van der Waals surface area (Å²) in [7, 11) is -1.61. The molecule has 19 heavy (non-hydrogen) atoms. The van der Waals surface area contributed by atoms with Crippen molar-refractivity contribution in [3.8, 4) is 0 Å². The van der Waals surface area contributed by atoms with Crippen molar-refractivity contribution in [3.63, 3.8) is 0 Å². The normalized spacial score (nSPS) is 19.2. The van der Waals surface area contributed by atoms with Gasteiger partial charge in [-0.2, -0.15) is 4.31 Å². The van der Waals surface area contributed by atoms with Crippen LogP contribution in [0.5, 0.6) is 0 Å². The minimum Gasteiger partial charge on any atom is -0.477 e. The second kappa shape index (κ2) is 5.58. The highest BCUT2D eigenvalue weighted by atomic mass is 32.2. The molecule has 106 valence electrons. The Morgan fingerprint density at radius 1 is 1.32 bits per heavy atom. The molecule has 1 saturated heterocycles. The van der Waals surface area contributed by atoms with Gasteiger partial charge in [0.2, 0.25) is 10.0 Å². The molecular formula is C11H16N2O4S2. The Balaban J connectivity index is 2.23. The highest BCUT2D eigenvalue weighted by molar-refractivity contribution is 7.89. The first-order valence-corrected chi connectivity index (χ1v) is 8.24. The third-order valence-corrected chi connectivity index (χ3v) is 6.05. The van der Waals surface area contributed by atoms with E-state index in [1.165, 1.54) is 15.8 Å². The van der Waals surface area contributed by atoms with Gasteiger partial charge in [0.05, 0.1) is 4.90 Å². The van der Waals surface area contributed by atoms with E-state index >= 15 is 0 Å². The number of hydrogen-bond donors (Lipinski definition) is 1. The molecule has 1 N–H and O–H groups in total. The first-order valence-electron chi connectivity index (χ1n) is 5.92. The molecule has 0 radical (unpaired) electrons. The predicted octanol–water partition coefficient (Wildman–Crippen LogP) is 0.773. The van der Waals surface area contributed by atoms with Crippen molar-refractivity contribution in [2.45, 2.75) is 11.3 Å². The number of aromatic carboxylic acids is 1. The third kappa shape index (κ3) is 3.14. The van der Waals surface area contributed by atoms with Crippen LogP contribution in [0.1, 0.15) is 16.1 Å². The Morgan fingerprint density at radius 2 is 2.05 bits per heavy atom. The summed E-state index contributed by atoms with van der Waals surface area (Å²) in [6, 6.07) is 1.23. The molecule has 2 rings (SSSR count). The monoisotopic (exact) mass is 304 g/mol. The molecule has 0 aromatic carbocycles. The summed E-state index contributed by atoms with van der Waals surface area (Å²) in [5, 5.41) is 10.2. The van der Waals surface area contributed by atoms with E-state index in [1.54, 1.807) is 0 Å². The van der Waals surface area contributed by atoms with Crippen LogP contribution in [-0.4, -0.2) is 61.9 Å². The van der Waals surface area contributed by atoms with E-state index in [2.05, 4.69) is 4.90 Å². The first kappa shape index (κ1) is 14.4. The highest BCUT2D eigenvalue weighted by Crippen LogP contribution is 2.23. The van der Waals surface area contributed by atoms with Gasteiger partial charge in [-0.1, -0.05) is 0 Å². The SMILES string of the molecule is CN1CCCN(S(=O)(=O)c2csc(C(=O)O)c2)CC1. The minimum absolute atomic E-state index is 0.0468. The van der Waals surface area contributed by atoms with Gasteiger partial charge in [-0.15, -0.1) is 11.3 Å². The number of hydrogen-bond acceptors (Lipinski definition) is 5. The number of rotatable bonds is 3. The molecule has 1 aliphatic rings. The fourth-order valence-electron chi connectivity index (χ4n) is 1.98. The first-order chi connectivity index (χ1) is 8.91. The van der Waals surface area contributed by atoms with Crippen LogP contribution in [0.4, 0.5) is 0 Å². The molecule has 2 heterocycles. The van der Waals surface area contributed by atoms with E-state index in [1.807, 2.05) is 7.05 Å². The molecule has 0 saturated carbocycles. The number of likely N-dealkylation sites (N-methyl/N-ethyl adjacent to an activating group) is 1. The fraction of sp³-hybridized carbons (Fsp3) is 0.545. The van der Waals surface area contributed by atoms with Crippen molar-refractivity contribution < 1.29 is 18.3 Å². The third-order valence-electron chi connectivity index (χ3n) is 3.10. The van der Waals surface area contributed by atoms with Crippen LogP contribution < -0.4 is 0 Å². The second-order valence-electron chi connectivity index (χ2n) is 4.51. The number of sulfonamides is 1. The summed E-state index contributed by atoms with van der Waals surface area (Å²) >= 11 is 0.938. The van der Waals surface area contributed by atoms with Crippen LogP contribution in [0, 0.1) is 0 Å². The molecule has 1 aromatic heterocycles. The van der Waals surface area contributed by atoms with Crippen LogP contribution >= 0.6 is 11.3 Å². The van der Waals surface area contributed by atoms with Gasteiger partial charge in [0.15, 0.2) is 0 Å². The van der Waals surface area contributed by atoms with Crippen molar-refractivity contribution in [2.24, 2.45) is 0 Å². The summed E-state index contributed by atoms with van der Waals surface area (Å²) in [5.74, 6) is -1.10. The van der Waals surface area contributed by atoms with E-state index in [0.29, 0.717) is 19.6 Å². The summed E-state index contributed by atoms with van der Waals surface area (Å²) in [5.41, 5.74) is 0. The van der Waals surface area contributed by atoms with Crippen LogP contribution in [0.25, 0.3) is 0 Å². The van der Waals surface area contributed by atoms with Crippen molar-refractivity contribution in [1.82, 2.24) is 9.21 Å². The second-order valence-corrected chi connectivity index (χ2v) is 7.36. The van der Waals surface area contributed by atoms with Gasteiger partial charge in [-0.05, 0) is 26.1 Å². The van der Waals surface area contributed by atoms with Gasteiger partial charge < -0.3 is 10.0 Å². The summed E-state index contributed by atoms with van der Waals surface area (Å²) in [6.07, 6.45) is 0.783. The van der Waals surface area contributed by atoms with E-state index in [-0.39, 0.29) is 9.77 Å². The molecule has 0 aliphatic carbocycles. The van der Waals surface area contributed by atoms with E-state index in [9.17, 15) is 13.2 Å². The van der Waals surface area contributed by atoms with Gasteiger partial charge in [0, 0.05) is 25.0 Å². The quantitative estimate of drug-likeness (QED) is 0.892. The zero-order valence-electron chi connectivity index (χ0n) is 10.6. The Hall–Kier alpha value is -0.960. The Labute approximate surface area is 116 Å². The molecule has 0 spiro atoms. The highest BCUT2D eigenvalue weighted by Gasteiger charge is 2.27. The summed E-state index contributed by atoms with van der Waals surface area (Å²) in [6.45, 7) is 2.48. The van der Waals surface area contributed by atoms with Crippen LogP contribution in [0.15, 0.2) is 16.3 Å². The lowest BCUT2D eigenvalue weighted by Gasteiger charge is -2.19. The van der Waals surface area contributed by atoms with Gasteiger partial charge >= 0.3 is 5.97 Å². The maximum absolute atomic E-state index is 12.4. The molecule has 0 amide bonds.